The van der Waals surface area contributed by atoms with E-state index in [1.807, 2.05) is 36.4 Å². The number of carboxylic acid groups (broad SMARTS) is 2. The SMILES string of the molecule is CCCCCCCCCCC=COC(=O)C(CC(=O)[O-])(c1ccccc1)c1ccccc1.CCCCCCCCCCC=COC(=O)C(CC(=O)[O-])(c1ccccc1)c1ccccc1.[Hg+2]. The first-order chi connectivity index (χ1) is 31.2. The van der Waals surface area contributed by atoms with Crippen LogP contribution in [0, 0.1) is 0 Å². The maximum absolute atomic E-state index is 13.3. The molecular formula is C56H70HgO8. The summed E-state index contributed by atoms with van der Waals surface area (Å²) in [6.07, 6.45) is 27.0. The molecule has 65 heavy (non-hydrogen) atoms. The maximum atomic E-state index is 13.3. The maximum Gasteiger partial charge on any atom is 2.00 e. The van der Waals surface area contributed by atoms with Crippen molar-refractivity contribution < 1.29 is 66.5 Å². The Hall–Kier alpha value is -4.82. The van der Waals surface area contributed by atoms with Crippen LogP contribution in [-0.4, -0.2) is 23.9 Å². The third kappa shape index (κ3) is 19.7. The molecule has 0 aromatic heterocycles. The van der Waals surface area contributed by atoms with Crippen LogP contribution in [0.25, 0.3) is 0 Å². The van der Waals surface area contributed by atoms with E-state index in [4.69, 9.17) is 9.47 Å². The monoisotopic (exact) mass is 1070 g/mol. The molecule has 0 aliphatic rings. The Morgan fingerprint density at radius 3 is 0.908 bits per heavy atom. The van der Waals surface area contributed by atoms with E-state index in [1.165, 1.54) is 89.6 Å². The number of ether oxygens (including phenoxy) is 2. The number of carbonyl (C=O) groups is 4. The summed E-state index contributed by atoms with van der Waals surface area (Å²) < 4.78 is 11.0. The Balaban J connectivity index is 0.000000440. The summed E-state index contributed by atoms with van der Waals surface area (Å²) in [6.45, 7) is 4.45. The van der Waals surface area contributed by atoms with Gasteiger partial charge in [0.15, 0.2) is 0 Å². The number of aliphatic carboxylic acids is 2. The Labute approximate surface area is 409 Å². The number of hydrogen-bond donors (Lipinski definition) is 0. The molecule has 0 radical (unpaired) electrons. The molecule has 0 heterocycles. The molecule has 344 valence electrons. The number of hydrogen-bond acceptors (Lipinski definition) is 8. The van der Waals surface area contributed by atoms with Crippen LogP contribution < -0.4 is 10.2 Å². The zero-order valence-electron chi connectivity index (χ0n) is 39.0. The Morgan fingerprint density at radius 1 is 0.415 bits per heavy atom. The van der Waals surface area contributed by atoms with Crippen LogP contribution in [0.4, 0.5) is 0 Å². The van der Waals surface area contributed by atoms with Crippen molar-refractivity contribution in [3.63, 3.8) is 0 Å². The van der Waals surface area contributed by atoms with E-state index < -0.39 is 47.5 Å². The molecular weight excluding hydrogens is 1000 g/mol. The summed E-state index contributed by atoms with van der Waals surface area (Å²) in [5.41, 5.74) is -0.670. The summed E-state index contributed by atoms with van der Waals surface area (Å²) in [7, 11) is 0. The van der Waals surface area contributed by atoms with Gasteiger partial charge in [-0.2, -0.15) is 0 Å². The van der Waals surface area contributed by atoms with Crippen LogP contribution in [0.15, 0.2) is 146 Å². The molecule has 4 aromatic carbocycles. The number of carbonyl (C=O) groups excluding carboxylic acids is 4. The molecule has 8 nitrogen and oxygen atoms in total. The minimum atomic E-state index is -1.47. The fraction of sp³-hybridized carbons (Fsp3) is 0.429. The van der Waals surface area contributed by atoms with Crippen LogP contribution in [0.5, 0.6) is 0 Å². The largest absolute Gasteiger partial charge is 2.00 e. The van der Waals surface area contributed by atoms with Crippen molar-refractivity contribution in [2.24, 2.45) is 0 Å². The molecule has 0 unspecified atom stereocenters. The van der Waals surface area contributed by atoms with Crippen molar-refractivity contribution >= 4 is 23.9 Å². The van der Waals surface area contributed by atoms with E-state index >= 15 is 0 Å². The molecule has 4 rings (SSSR count). The Bertz CT molecular complexity index is 1730. The number of benzene rings is 4. The van der Waals surface area contributed by atoms with E-state index in [2.05, 4.69) is 13.8 Å². The van der Waals surface area contributed by atoms with Crippen molar-refractivity contribution in [1.29, 1.82) is 0 Å². The second-order valence-corrected chi connectivity index (χ2v) is 16.5. The number of carboxylic acids is 2. The third-order valence-electron chi connectivity index (χ3n) is 11.6. The van der Waals surface area contributed by atoms with Gasteiger partial charge >= 0.3 is 39.6 Å². The summed E-state index contributed by atoms with van der Waals surface area (Å²) in [5.74, 6) is -3.85. The zero-order valence-corrected chi connectivity index (χ0v) is 44.5. The van der Waals surface area contributed by atoms with Crippen molar-refractivity contribution in [2.45, 2.75) is 153 Å². The number of rotatable bonds is 30. The molecule has 9 heteroatoms. The average molecular weight is 1070 g/mol. The van der Waals surface area contributed by atoms with Crippen molar-refractivity contribution in [3.05, 3.63) is 168 Å². The van der Waals surface area contributed by atoms with E-state index in [0.29, 0.717) is 22.3 Å². The van der Waals surface area contributed by atoms with Gasteiger partial charge in [0.1, 0.15) is 10.8 Å². The molecule has 0 saturated carbocycles. The van der Waals surface area contributed by atoms with Gasteiger partial charge in [-0.05, 0) is 60.1 Å². The molecule has 0 atom stereocenters. The summed E-state index contributed by atoms with van der Waals surface area (Å²) in [5, 5.41) is 23.4. The normalized spacial score (nSPS) is 11.4. The quantitative estimate of drug-likeness (QED) is 0.0218. The zero-order chi connectivity index (χ0) is 46.1. The fourth-order valence-electron chi connectivity index (χ4n) is 8.03. The van der Waals surface area contributed by atoms with Crippen LogP contribution >= 0.6 is 0 Å². The Kier molecular flexibility index (Phi) is 29.1. The van der Waals surface area contributed by atoms with Gasteiger partial charge in [-0.3, -0.25) is 9.59 Å². The van der Waals surface area contributed by atoms with E-state index in [0.717, 1.165) is 38.5 Å². The predicted octanol–water partition coefficient (Wildman–Crippen LogP) is 11.4. The van der Waals surface area contributed by atoms with Gasteiger partial charge in [0.05, 0.1) is 12.5 Å². The van der Waals surface area contributed by atoms with Gasteiger partial charge in [0, 0.05) is 24.8 Å². The number of allylic oxidation sites excluding steroid dienone is 2. The van der Waals surface area contributed by atoms with E-state index in [-0.39, 0.29) is 27.7 Å². The van der Waals surface area contributed by atoms with E-state index in [9.17, 15) is 29.4 Å². The van der Waals surface area contributed by atoms with Crippen molar-refractivity contribution in [1.82, 2.24) is 0 Å². The number of esters is 2. The van der Waals surface area contributed by atoms with Gasteiger partial charge in [0.2, 0.25) is 0 Å². The fourth-order valence-corrected chi connectivity index (χ4v) is 8.03. The van der Waals surface area contributed by atoms with Gasteiger partial charge in [0.25, 0.3) is 0 Å². The molecule has 0 aliphatic carbocycles. The topological polar surface area (TPSA) is 133 Å². The second kappa shape index (κ2) is 33.6. The smallest absolute Gasteiger partial charge is 0.550 e. The summed E-state index contributed by atoms with van der Waals surface area (Å²) in [4.78, 5) is 50.0. The van der Waals surface area contributed by atoms with Gasteiger partial charge in [-0.15, -0.1) is 0 Å². The molecule has 0 N–H and O–H groups in total. The second-order valence-electron chi connectivity index (χ2n) is 16.5. The van der Waals surface area contributed by atoms with Crippen molar-refractivity contribution in [3.8, 4) is 0 Å². The molecule has 0 spiro atoms. The molecule has 0 bridgehead atoms. The predicted molar refractivity (Wildman–Crippen MR) is 251 cm³/mol. The van der Waals surface area contributed by atoms with Crippen LogP contribution in [0.3, 0.4) is 0 Å². The standard InChI is InChI=1S/2C28H36O4.Hg/c2*1-2-3-4-5-6-7-8-9-10-17-22-32-27(31)28(23-26(29)30,24-18-13-11-14-19-24)25-20-15-12-16-21-25;/h2*11-22H,2-10,23H2,1H3,(H,29,30);/q;;+2/p-2. The summed E-state index contributed by atoms with van der Waals surface area (Å²) >= 11 is 0. The summed E-state index contributed by atoms with van der Waals surface area (Å²) in [6, 6.07) is 35.6. The van der Waals surface area contributed by atoms with Crippen LogP contribution in [0.2, 0.25) is 0 Å². The minimum Gasteiger partial charge on any atom is -0.550 e. The van der Waals surface area contributed by atoms with Gasteiger partial charge in [-0.25, -0.2) is 0 Å². The minimum absolute atomic E-state index is 0. The van der Waals surface area contributed by atoms with Gasteiger partial charge in [-0.1, -0.05) is 225 Å². The van der Waals surface area contributed by atoms with Crippen LogP contribution in [0.1, 0.15) is 165 Å². The molecule has 0 fully saturated rings. The third-order valence-corrected chi connectivity index (χ3v) is 11.6. The molecule has 0 aliphatic heterocycles. The average Bonchev–Trinajstić information content (AvgIpc) is 3.32. The molecule has 4 aromatic rings. The Morgan fingerprint density at radius 2 is 0.662 bits per heavy atom. The number of unbranched alkanes of at least 4 members (excludes halogenated alkanes) is 16. The van der Waals surface area contributed by atoms with Crippen molar-refractivity contribution in [2.75, 3.05) is 0 Å². The first kappa shape index (κ1) is 56.3. The van der Waals surface area contributed by atoms with E-state index in [1.54, 1.807) is 97.1 Å². The first-order valence-electron chi connectivity index (χ1n) is 23.6. The molecule has 0 saturated heterocycles. The van der Waals surface area contributed by atoms with Gasteiger partial charge < -0.3 is 29.3 Å². The molecule has 0 amide bonds. The first-order valence-corrected chi connectivity index (χ1v) is 23.6. The van der Waals surface area contributed by atoms with Crippen LogP contribution in [-0.2, 0) is 67.2 Å².